The van der Waals surface area contributed by atoms with Gasteiger partial charge in [0.1, 0.15) is 18.5 Å². The van der Waals surface area contributed by atoms with Crippen molar-refractivity contribution in [1.29, 1.82) is 0 Å². The summed E-state index contributed by atoms with van der Waals surface area (Å²) >= 11 is 0. The van der Waals surface area contributed by atoms with E-state index in [1.54, 1.807) is 0 Å². The molecule has 3 nitrogen and oxygen atoms in total. The van der Waals surface area contributed by atoms with Crippen LogP contribution in [0.15, 0.2) is 12.7 Å². The van der Waals surface area contributed by atoms with Crippen molar-refractivity contribution in [2.45, 2.75) is 47.5 Å². The molecular formula is C10H21N3. The highest BCUT2D eigenvalue weighted by molar-refractivity contribution is 4.87. The lowest BCUT2D eigenvalue weighted by Gasteiger charge is -1.98. The third-order valence-electron chi connectivity index (χ3n) is 1.03. The van der Waals surface area contributed by atoms with Gasteiger partial charge in [-0.3, -0.25) is 0 Å². The predicted octanol–water partition coefficient (Wildman–Crippen LogP) is 3.05. The van der Waals surface area contributed by atoms with Crippen LogP contribution in [0, 0.1) is 0 Å². The highest BCUT2D eigenvalue weighted by Gasteiger charge is 1.97. The molecule has 0 spiro atoms. The Bertz CT molecular complexity index is 173. The molecule has 1 aromatic rings. The molecule has 0 atom stereocenters. The minimum atomic E-state index is 0.396. The van der Waals surface area contributed by atoms with Gasteiger partial charge in [0, 0.05) is 5.92 Å². The van der Waals surface area contributed by atoms with Crippen molar-refractivity contribution in [3.05, 3.63) is 18.5 Å². The molecule has 0 aliphatic carbocycles. The highest BCUT2D eigenvalue weighted by Crippen LogP contribution is 2.04. The van der Waals surface area contributed by atoms with Gasteiger partial charge in [-0.25, -0.2) is 15.0 Å². The van der Waals surface area contributed by atoms with Gasteiger partial charge in [0.2, 0.25) is 0 Å². The molecule has 3 heteroatoms. The third kappa shape index (κ3) is 7.37. The second-order valence-electron chi connectivity index (χ2n) is 2.15. The maximum Gasteiger partial charge on any atom is 0.134 e. The van der Waals surface area contributed by atoms with Crippen LogP contribution in [0.5, 0.6) is 0 Å². The summed E-state index contributed by atoms with van der Waals surface area (Å²) in [6, 6.07) is 0. The first kappa shape index (κ1) is 14.5. The van der Waals surface area contributed by atoms with Crippen LogP contribution in [0.3, 0.4) is 0 Å². The molecule has 0 radical (unpaired) electrons. The van der Waals surface area contributed by atoms with E-state index in [0.717, 1.165) is 5.82 Å². The first-order valence-corrected chi connectivity index (χ1v) is 4.92. The molecule has 0 saturated heterocycles. The molecule has 0 aliphatic heterocycles. The topological polar surface area (TPSA) is 38.7 Å². The van der Waals surface area contributed by atoms with Crippen molar-refractivity contribution in [1.82, 2.24) is 15.0 Å². The zero-order chi connectivity index (χ0) is 10.7. The molecule has 0 aliphatic rings. The molecule has 1 rings (SSSR count). The number of rotatable bonds is 1. The maximum atomic E-state index is 3.96. The second kappa shape index (κ2) is 11.0. The van der Waals surface area contributed by atoms with Gasteiger partial charge in [-0.2, -0.15) is 0 Å². The molecule has 0 fully saturated rings. The molecule has 0 unspecified atom stereocenters. The van der Waals surface area contributed by atoms with Crippen LogP contribution in [-0.4, -0.2) is 15.0 Å². The molecule has 1 aromatic heterocycles. The van der Waals surface area contributed by atoms with Gasteiger partial charge in [0.05, 0.1) is 0 Å². The third-order valence-corrected chi connectivity index (χ3v) is 1.03. The Kier molecular flexibility index (Phi) is 12.3. The average molecular weight is 183 g/mol. The van der Waals surface area contributed by atoms with Crippen LogP contribution in [0.1, 0.15) is 53.3 Å². The quantitative estimate of drug-likeness (QED) is 0.671. The second-order valence-corrected chi connectivity index (χ2v) is 2.15. The summed E-state index contributed by atoms with van der Waals surface area (Å²) in [4.78, 5) is 11.6. The van der Waals surface area contributed by atoms with E-state index in [0.29, 0.717) is 5.92 Å². The Morgan fingerprint density at radius 1 is 0.923 bits per heavy atom. The highest BCUT2D eigenvalue weighted by atomic mass is 15.0. The van der Waals surface area contributed by atoms with Crippen LogP contribution in [-0.2, 0) is 0 Å². The van der Waals surface area contributed by atoms with E-state index in [2.05, 4.69) is 28.8 Å². The molecule has 0 amide bonds. The number of nitrogens with zero attached hydrogens (tertiary/aromatic N) is 3. The monoisotopic (exact) mass is 183 g/mol. The summed E-state index contributed by atoms with van der Waals surface area (Å²) < 4.78 is 0. The number of aromatic nitrogens is 3. The SMILES string of the molecule is CC.CC.CC(C)c1ncncn1. The first-order valence-electron chi connectivity index (χ1n) is 4.92. The number of hydrogen-bond donors (Lipinski definition) is 0. The van der Waals surface area contributed by atoms with Crippen molar-refractivity contribution in [3.63, 3.8) is 0 Å². The Balaban J connectivity index is 0. The van der Waals surface area contributed by atoms with E-state index in [1.165, 1.54) is 12.7 Å². The smallest absolute Gasteiger partial charge is 0.134 e. The Morgan fingerprint density at radius 2 is 1.31 bits per heavy atom. The normalized spacial score (nSPS) is 7.92. The van der Waals surface area contributed by atoms with Crippen LogP contribution in [0.25, 0.3) is 0 Å². The summed E-state index contributed by atoms with van der Waals surface area (Å²) in [6.45, 7) is 12.1. The predicted molar refractivity (Wildman–Crippen MR) is 56.6 cm³/mol. The minimum Gasteiger partial charge on any atom is -0.225 e. The Morgan fingerprint density at radius 3 is 1.54 bits per heavy atom. The lowest BCUT2D eigenvalue weighted by Crippen LogP contribution is -1.95. The molecule has 0 aromatic carbocycles. The zero-order valence-corrected chi connectivity index (χ0v) is 9.57. The first-order chi connectivity index (χ1) is 6.30. The van der Waals surface area contributed by atoms with Gasteiger partial charge in [-0.15, -0.1) is 0 Å². The van der Waals surface area contributed by atoms with Crippen LogP contribution < -0.4 is 0 Å². The van der Waals surface area contributed by atoms with Gasteiger partial charge < -0.3 is 0 Å². The standard InChI is InChI=1S/C6H9N3.2C2H6/c1-5(2)6-8-3-7-4-9-6;2*1-2/h3-5H,1-2H3;2*1-2H3. The van der Waals surface area contributed by atoms with E-state index in [9.17, 15) is 0 Å². The summed E-state index contributed by atoms with van der Waals surface area (Å²) in [5.74, 6) is 1.25. The lowest BCUT2D eigenvalue weighted by atomic mass is 10.2. The van der Waals surface area contributed by atoms with Crippen LogP contribution in [0.4, 0.5) is 0 Å². The van der Waals surface area contributed by atoms with Crippen molar-refractivity contribution >= 4 is 0 Å². The average Bonchev–Trinajstić information content (AvgIpc) is 2.25. The molecule has 1 heterocycles. The van der Waals surface area contributed by atoms with E-state index >= 15 is 0 Å². The lowest BCUT2D eigenvalue weighted by molar-refractivity contribution is 0.759. The fourth-order valence-electron chi connectivity index (χ4n) is 0.546. The summed E-state index contributed by atoms with van der Waals surface area (Å²) in [5, 5.41) is 0. The van der Waals surface area contributed by atoms with Gasteiger partial charge in [0.25, 0.3) is 0 Å². The van der Waals surface area contributed by atoms with Crippen LogP contribution in [0.2, 0.25) is 0 Å². The Hall–Kier alpha value is -0.990. The molecule has 76 valence electrons. The zero-order valence-electron chi connectivity index (χ0n) is 9.57. The summed E-state index contributed by atoms with van der Waals surface area (Å²) in [5.41, 5.74) is 0. The summed E-state index contributed by atoms with van der Waals surface area (Å²) in [6.07, 6.45) is 3.03. The van der Waals surface area contributed by atoms with Gasteiger partial charge in [-0.1, -0.05) is 41.5 Å². The molecule has 0 bridgehead atoms. The fraction of sp³-hybridized carbons (Fsp3) is 0.700. The van der Waals surface area contributed by atoms with Crippen molar-refractivity contribution in [2.24, 2.45) is 0 Å². The van der Waals surface area contributed by atoms with Gasteiger partial charge >= 0.3 is 0 Å². The van der Waals surface area contributed by atoms with Crippen molar-refractivity contribution < 1.29 is 0 Å². The van der Waals surface area contributed by atoms with E-state index < -0.39 is 0 Å². The van der Waals surface area contributed by atoms with Gasteiger partial charge in [-0.05, 0) is 0 Å². The number of hydrogen-bond acceptors (Lipinski definition) is 3. The van der Waals surface area contributed by atoms with Crippen molar-refractivity contribution in [2.75, 3.05) is 0 Å². The largest absolute Gasteiger partial charge is 0.225 e. The molecule has 13 heavy (non-hydrogen) atoms. The van der Waals surface area contributed by atoms with Gasteiger partial charge in [0.15, 0.2) is 0 Å². The van der Waals surface area contributed by atoms with E-state index in [1.807, 2.05) is 27.7 Å². The minimum absolute atomic E-state index is 0.396. The van der Waals surface area contributed by atoms with Crippen LogP contribution >= 0.6 is 0 Å². The molecule has 0 saturated carbocycles. The van der Waals surface area contributed by atoms with E-state index in [-0.39, 0.29) is 0 Å². The molecule has 0 N–H and O–H groups in total. The Labute approximate surface area is 81.7 Å². The molecular weight excluding hydrogens is 162 g/mol. The maximum absolute atomic E-state index is 3.96. The van der Waals surface area contributed by atoms with Crippen molar-refractivity contribution in [3.8, 4) is 0 Å². The van der Waals surface area contributed by atoms with E-state index in [4.69, 9.17) is 0 Å². The fourth-order valence-corrected chi connectivity index (χ4v) is 0.546. The summed E-state index contributed by atoms with van der Waals surface area (Å²) in [7, 11) is 0.